The van der Waals surface area contributed by atoms with Gasteiger partial charge in [-0.05, 0) is 31.4 Å². The maximum atomic E-state index is 5.58. The van der Waals surface area contributed by atoms with Crippen LogP contribution in [0.15, 0.2) is 24.4 Å². The zero-order valence-corrected chi connectivity index (χ0v) is 8.19. The van der Waals surface area contributed by atoms with E-state index in [1.165, 1.54) is 6.42 Å². The molecule has 0 aromatic carbocycles. The Morgan fingerprint density at radius 2 is 2.43 bits per heavy atom. The lowest BCUT2D eigenvalue weighted by molar-refractivity contribution is -0.169. The van der Waals surface area contributed by atoms with Gasteiger partial charge in [0.25, 0.3) is 0 Å². The molecule has 0 amide bonds. The van der Waals surface area contributed by atoms with Gasteiger partial charge in [0, 0.05) is 12.8 Å². The van der Waals surface area contributed by atoms with Crippen LogP contribution in [0.2, 0.25) is 0 Å². The molecule has 3 nitrogen and oxygen atoms in total. The SMILES string of the molecule is c1ccc(COC2CCCCO2)nc1. The molecule has 0 N–H and O–H groups in total. The van der Waals surface area contributed by atoms with Gasteiger partial charge in [-0.2, -0.15) is 0 Å². The molecule has 14 heavy (non-hydrogen) atoms. The van der Waals surface area contributed by atoms with Crippen LogP contribution < -0.4 is 0 Å². The summed E-state index contributed by atoms with van der Waals surface area (Å²) >= 11 is 0. The minimum Gasteiger partial charge on any atom is -0.353 e. The summed E-state index contributed by atoms with van der Waals surface area (Å²) in [6.45, 7) is 1.37. The van der Waals surface area contributed by atoms with E-state index in [9.17, 15) is 0 Å². The average molecular weight is 193 g/mol. The van der Waals surface area contributed by atoms with Crippen LogP contribution in [0, 0.1) is 0 Å². The van der Waals surface area contributed by atoms with Crippen molar-refractivity contribution in [3.8, 4) is 0 Å². The quantitative estimate of drug-likeness (QED) is 0.736. The van der Waals surface area contributed by atoms with Crippen molar-refractivity contribution in [2.75, 3.05) is 6.61 Å². The Kier molecular flexibility index (Phi) is 3.49. The van der Waals surface area contributed by atoms with Crippen molar-refractivity contribution in [2.45, 2.75) is 32.2 Å². The fraction of sp³-hybridized carbons (Fsp3) is 0.545. The molecule has 76 valence electrons. The molecule has 1 aliphatic rings. The number of nitrogens with zero attached hydrogens (tertiary/aromatic N) is 1. The van der Waals surface area contributed by atoms with Gasteiger partial charge in [0.15, 0.2) is 6.29 Å². The molecule has 1 aromatic rings. The lowest BCUT2D eigenvalue weighted by atomic mass is 10.2. The van der Waals surface area contributed by atoms with E-state index in [1.54, 1.807) is 6.20 Å². The second-order valence-corrected chi connectivity index (χ2v) is 3.43. The molecular formula is C11H15NO2. The van der Waals surface area contributed by atoms with Crippen LogP contribution in [-0.4, -0.2) is 17.9 Å². The summed E-state index contributed by atoms with van der Waals surface area (Å²) in [5.41, 5.74) is 0.960. The summed E-state index contributed by atoms with van der Waals surface area (Å²) in [6, 6.07) is 5.83. The van der Waals surface area contributed by atoms with Crippen LogP contribution in [0.4, 0.5) is 0 Å². The Labute approximate surface area is 84.1 Å². The van der Waals surface area contributed by atoms with Gasteiger partial charge in [-0.1, -0.05) is 6.07 Å². The van der Waals surface area contributed by atoms with E-state index in [-0.39, 0.29) is 6.29 Å². The standard InChI is InChI=1S/C11H15NO2/c1-3-7-12-10(5-1)9-14-11-6-2-4-8-13-11/h1,3,5,7,11H,2,4,6,8-9H2. The molecule has 1 fully saturated rings. The molecule has 1 aliphatic heterocycles. The number of hydrogen-bond donors (Lipinski definition) is 0. The van der Waals surface area contributed by atoms with Gasteiger partial charge in [-0.25, -0.2) is 0 Å². The Morgan fingerprint density at radius 1 is 1.43 bits per heavy atom. The van der Waals surface area contributed by atoms with Crippen molar-refractivity contribution in [3.63, 3.8) is 0 Å². The monoisotopic (exact) mass is 193 g/mol. The lowest BCUT2D eigenvalue weighted by Crippen LogP contribution is -2.22. The Balaban J connectivity index is 1.76. The van der Waals surface area contributed by atoms with Crippen LogP contribution in [0.3, 0.4) is 0 Å². The van der Waals surface area contributed by atoms with Gasteiger partial charge in [0.05, 0.1) is 12.3 Å². The summed E-state index contributed by atoms with van der Waals surface area (Å²) in [5.74, 6) is 0. The first-order valence-electron chi connectivity index (χ1n) is 5.08. The largest absolute Gasteiger partial charge is 0.353 e. The van der Waals surface area contributed by atoms with Gasteiger partial charge in [0.2, 0.25) is 0 Å². The maximum Gasteiger partial charge on any atom is 0.158 e. The smallest absolute Gasteiger partial charge is 0.158 e. The molecule has 0 aliphatic carbocycles. The number of ether oxygens (including phenoxy) is 2. The topological polar surface area (TPSA) is 31.4 Å². The Bertz CT molecular complexity index is 257. The van der Waals surface area contributed by atoms with Crippen molar-refractivity contribution >= 4 is 0 Å². The van der Waals surface area contributed by atoms with Crippen molar-refractivity contribution in [1.29, 1.82) is 0 Å². The average Bonchev–Trinajstić information content (AvgIpc) is 2.29. The highest BCUT2D eigenvalue weighted by molar-refractivity contribution is 5.01. The van der Waals surface area contributed by atoms with Crippen LogP contribution in [-0.2, 0) is 16.1 Å². The molecule has 2 heterocycles. The van der Waals surface area contributed by atoms with Gasteiger partial charge < -0.3 is 9.47 Å². The molecular weight excluding hydrogens is 178 g/mol. The summed E-state index contributed by atoms with van der Waals surface area (Å²) in [7, 11) is 0. The Morgan fingerprint density at radius 3 is 3.14 bits per heavy atom. The highest BCUT2D eigenvalue weighted by Gasteiger charge is 2.13. The van der Waals surface area contributed by atoms with Crippen LogP contribution in [0.5, 0.6) is 0 Å². The van der Waals surface area contributed by atoms with E-state index in [2.05, 4.69) is 4.98 Å². The molecule has 3 heteroatoms. The molecule has 0 radical (unpaired) electrons. The maximum absolute atomic E-state index is 5.58. The lowest BCUT2D eigenvalue weighted by Gasteiger charge is -2.22. The van der Waals surface area contributed by atoms with Crippen LogP contribution in [0.1, 0.15) is 25.0 Å². The molecule has 1 unspecified atom stereocenters. The third-order valence-corrected chi connectivity index (χ3v) is 2.28. The third kappa shape index (κ3) is 2.79. The molecule has 0 spiro atoms. The first kappa shape index (κ1) is 9.62. The molecule has 0 bridgehead atoms. The van der Waals surface area contributed by atoms with E-state index >= 15 is 0 Å². The van der Waals surface area contributed by atoms with Gasteiger partial charge >= 0.3 is 0 Å². The van der Waals surface area contributed by atoms with Gasteiger partial charge in [0.1, 0.15) is 0 Å². The van der Waals surface area contributed by atoms with Crippen molar-refractivity contribution < 1.29 is 9.47 Å². The predicted octanol–water partition coefficient (Wildman–Crippen LogP) is 2.12. The van der Waals surface area contributed by atoms with Crippen molar-refractivity contribution in [3.05, 3.63) is 30.1 Å². The van der Waals surface area contributed by atoms with Gasteiger partial charge in [-0.15, -0.1) is 0 Å². The summed E-state index contributed by atoms with van der Waals surface area (Å²) in [5, 5.41) is 0. The molecule has 1 atom stereocenters. The zero-order valence-electron chi connectivity index (χ0n) is 8.19. The second kappa shape index (κ2) is 5.08. The minimum absolute atomic E-state index is 0.0224. The summed E-state index contributed by atoms with van der Waals surface area (Å²) < 4.78 is 11.0. The van der Waals surface area contributed by atoms with Crippen molar-refractivity contribution in [1.82, 2.24) is 4.98 Å². The Hall–Kier alpha value is -0.930. The number of aromatic nitrogens is 1. The van der Waals surface area contributed by atoms with E-state index in [4.69, 9.17) is 9.47 Å². The molecule has 1 saturated heterocycles. The molecule has 0 saturated carbocycles. The number of rotatable bonds is 3. The minimum atomic E-state index is -0.0224. The summed E-state index contributed by atoms with van der Waals surface area (Å²) in [4.78, 5) is 4.18. The first-order valence-corrected chi connectivity index (χ1v) is 5.08. The van der Waals surface area contributed by atoms with Crippen molar-refractivity contribution in [2.24, 2.45) is 0 Å². The zero-order chi connectivity index (χ0) is 9.64. The molecule has 1 aromatic heterocycles. The van der Waals surface area contributed by atoms with E-state index < -0.39 is 0 Å². The normalized spacial score (nSPS) is 22.1. The number of pyridine rings is 1. The predicted molar refractivity (Wildman–Crippen MR) is 52.6 cm³/mol. The fourth-order valence-corrected chi connectivity index (χ4v) is 1.50. The van der Waals surface area contributed by atoms with Gasteiger partial charge in [-0.3, -0.25) is 4.98 Å². The second-order valence-electron chi connectivity index (χ2n) is 3.43. The third-order valence-electron chi connectivity index (χ3n) is 2.28. The highest BCUT2D eigenvalue weighted by atomic mass is 16.7. The van der Waals surface area contributed by atoms with E-state index in [1.807, 2.05) is 18.2 Å². The first-order chi connectivity index (χ1) is 6.95. The van der Waals surface area contributed by atoms with E-state index in [0.717, 1.165) is 25.1 Å². The molecule has 2 rings (SSSR count). The van der Waals surface area contributed by atoms with E-state index in [0.29, 0.717) is 6.61 Å². The fourth-order valence-electron chi connectivity index (χ4n) is 1.50. The summed E-state index contributed by atoms with van der Waals surface area (Å²) in [6.07, 6.45) is 5.12. The highest BCUT2D eigenvalue weighted by Crippen LogP contribution is 2.14. The van der Waals surface area contributed by atoms with Crippen LogP contribution >= 0.6 is 0 Å². The van der Waals surface area contributed by atoms with Crippen LogP contribution in [0.25, 0.3) is 0 Å². The number of hydrogen-bond acceptors (Lipinski definition) is 3.